The SMILES string of the molecule is O=C(/C=C/c1ccccc1)OCCCCOC(=O)/C=C/c1ccccc1. The molecule has 0 aliphatic rings. The second kappa shape index (κ2) is 11.4. The van der Waals surface area contributed by atoms with E-state index in [0.717, 1.165) is 11.1 Å². The second-order valence-corrected chi connectivity index (χ2v) is 5.53. The molecule has 0 aliphatic carbocycles. The van der Waals surface area contributed by atoms with Crippen LogP contribution in [0.5, 0.6) is 0 Å². The molecule has 0 saturated heterocycles. The average molecular weight is 350 g/mol. The largest absolute Gasteiger partial charge is 0.463 e. The monoisotopic (exact) mass is 350 g/mol. The van der Waals surface area contributed by atoms with Gasteiger partial charge >= 0.3 is 11.9 Å². The average Bonchev–Trinajstić information content (AvgIpc) is 2.69. The highest BCUT2D eigenvalue weighted by molar-refractivity contribution is 5.87. The number of benzene rings is 2. The Morgan fingerprint density at radius 3 is 1.42 bits per heavy atom. The lowest BCUT2D eigenvalue weighted by atomic mass is 10.2. The van der Waals surface area contributed by atoms with Gasteiger partial charge in [-0.1, -0.05) is 60.7 Å². The Morgan fingerprint density at radius 2 is 1.04 bits per heavy atom. The molecule has 0 spiro atoms. The van der Waals surface area contributed by atoms with Crippen LogP contribution in [0.25, 0.3) is 12.2 Å². The Morgan fingerprint density at radius 1 is 0.654 bits per heavy atom. The van der Waals surface area contributed by atoms with E-state index in [1.807, 2.05) is 60.7 Å². The van der Waals surface area contributed by atoms with Gasteiger partial charge in [0, 0.05) is 12.2 Å². The van der Waals surface area contributed by atoms with Crippen LogP contribution in [0.15, 0.2) is 72.8 Å². The fraction of sp³-hybridized carbons (Fsp3) is 0.182. The molecule has 2 rings (SSSR count). The van der Waals surface area contributed by atoms with Gasteiger partial charge in [-0.05, 0) is 36.1 Å². The Balaban J connectivity index is 1.53. The minimum atomic E-state index is -0.378. The van der Waals surface area contributed by atoms with E-state index in [4.69, 9.17) is 9.47 Å². The van der Waals surface area contributed by atoms with Crippen molar-refractivity contribution in [1.82, 2.24) is 0 Å². The Hall–Kier alpha value is -3.14. The van der Waals surface area contributed by atoms with Crippen molar-refractivity contribution in [3.8, 4) is 0 Å². The van der Waals surface area contributed by atoms with Crippen molar-refractivity contribution >= 4 is 24.1 Å². The van der Waals surface area contributed by atoms with Crippen molar-refractivity contribution in [3.63, 3.8) is 0 Å². The van der Waals surface area contributed by atoms with Crippen LogP contribution >= 0.6 is 0 Å². The van der Waals surface area contributed by atoms with Gasteiger partial charge in [-0.3, -0.25) is 0 Å². The van der Waals surface area contributed by atoms with Gasteiger partial charge in [0.2, 0.25) is 0 Å². The first-order valence-electron chi connectivity index (χ1n) is 8.54. The van der Waals surface area contributed by atoms with Gasteiger partial charge in [0.25, 0.3) is 0 Å². The molecule has 0 radical (unpaired) electrons. The molecule has 134 valence electrons. The first-order valence-corrected chi connectivity index (χ1v) is 8.54. The van der Waals surface area contributed by atoms with Crippen LogP contribution in [0.1, 0.15) is 24.0 Å². The van der Waals surface area contributed by atoms with Gasteiger partial charge in [0.15, 0.2) is 0 Å². The smallest absolute Gasteiger partial charge is 0.330 e. The molecular formula is C22H22O4. The molecule has 0 heterocycles. The molecule has 4 heteroatoms. The van der Waals surface area contributed by atoms with Crippen LogP contribution < -0.4 is 0 Å². The molecule has 2 aromatic rings. The molecule has 0 bridgehead atoms. The number of rotatable bonds is 9. The van der Waals surface area contributed by atoms with Gasteiger partial charge in [0.05, 0.1) is 13.2 Å². The van der Waals surface area contributed by atoms with Crippen LogP contribution in [-0.2, 0) is 19.1 Å². The zero-order chi connectivity index (χ0) is 18.5. The van der Waals surface area contributed by atoms with Gasteiger partial charge in [-0.2, -0.15) is 0 Å². The zero-order valence-electron chi connectivity index (χ0n) is 14.5. The minimum absolute atomic E-state index is 0.301. The van der Waals surface area contributed by atoms with Crippen molar-refractivity contribution < 1.29 is 19.1 Å². The van der Waals surface area contributed by atoms with Gasteiger partial charge in [0.1, 0.15) is 0 Å². The maximum absolute atomic E-state index is 11.6. The van der Waals surface area contributed by atoms with E-state index >= 15 is 0 Å². The molecule has 0 aromatic heterocycles. The highest BCUT2D eigenvalue weighted by Gasteiger charge is 1.99. The summed E-state index contributed by atoms with van der Waals surface area (Å²) in [6.45, 7) is 0.602. The van der Waals surface area contributed by atoms with Crippen LogP contribution in [0.3, 0.4) is 0 Å². The van der Waals surface area contributed by atoms with E-state index in [2.05, 4.69) is 0 Å². The topological polar surface area (TPSA) is 52.6 Å². The van der Waals surface area contributed by atoms with E-state index in [1.165, 1.54) is 12.2 Å². The van der Waals surface area contributed by atoms with Gasteiger partial charge < -0.3 is 9.47 Å². The number of hydrogen-bond acceptors (Lipinski definition) is 4. The minimum Gasteiger partial charge on any atom is -0.463 e. The molecule has 0 N–H and O–H groups in total. The molecule has 0 aliphatic heterocycles. The number of carbonyl (C=O) groups excluding carboxylic acids is 2. The molecule has 0 unspecified atom stereocenters. The number of unbranched alkanes of at least 4 members (excludes halogenated alkanes) is 1. The first kappa shape index (κ1) is 19.2. The number of carbonyl (C=O) groups is 2. The summed E-state index contributed by atoms with van der Waals surface area (Å²) in [6.07, 6.45) is 7.51. The van der Waals surface area contributed by atoms with Crippen LogP contribution in [0.2, 0.25) is 0 Å². The molecule has 0 saturated carbocycles. The van der Waals surface area contributed by atoms with Crippen molar-refractivity contribution in [2.75, 3.05) is 13.2 Å². The summed E-state index contributed by atoms with van der Waals surface area (Å²) in [5.74, 6) is -0.756. The highest BCUT2D eigenvalue weighted by atomic mass is 16.5. The van der Waals surface area contributed by atoms with Crippen LogP contribution in [0.4, 0.5) is 0 Å². The van der Waals surface area contributed by atoms with Crippen molar-refractivity contribution in [2.45, 2.75) is 12.8 Å². The maximum Gasteiger partial charge on any atom is 0.330 e. The third kappa shape index (κ3) is 8.11. The molecule has 0 fully saturated rings. The lowest BCUT2D eigenvalue weighted by Gasteiger charge is -2.03. The molecular weight excluding hydrogens is 328 g/mol. The predicted molar refractivity (Wildman–Crippen MR) is 102 cm³/mol. The summed E-state index contributed by atoms with van der Waals surface area (Å²) >= 11 is 0. The van der Waals surface area contributed by atoms with Crippen LogP contribution in [-0.4, -0.2) is 25.2 Å². The Labute approximate surface area is 153 Å². The van der Waals surface area contributed by atoms with E-state index in [0.29, 0.717) is 26.1 Å². The van der Waals surface area contributed by atoms with Crippen molar-refractivity contribution in [1.29, 1.82) is 0 Å². The summed E-state index contributed by atoms with van der Waals surface area (Å²) in [5.41, 5.74) is 1.89. The molecule has 0 amide bonds. The Bertz CT molecular complexity index is 668. The molecule has 2 aromatic carbocycles. The third-order valence-corrected chi connectivity index (χ3v) is 3.45. The number of hydrogen-bond donors (Lipinski definition) is 0. The summed E-state index contributed by atoms with van der Waals surface area (Å²) in [5, 5.41) is 0. The summed E-state index contributed by atoms with van der Waals surface area (Å²) in [4.78, 5) is 23.1. The lowest BCUT2D eigenvalue weighted by Crippen LogP contribution is -2.06. The number of ether oxygens (including phenoxy) is 2. The van der Waals surface area contributed by atoms with E-state index in [-0.39, 0.29) is 11.9 Å². The summed E-state index contributed by atoms with van der Waals surface area (Å²) in [6, 6.07) is 19.1. The van der Waals surface area contributed by atoms with E-state index in [1.54, 1.807) is 12.2 Å². The van der Waals surface area contributed by atoms with Crippen LogP contribution in [0, 0.1) is 0 Å². The lowest BCUT2D eigenvalue weighted by molar-refractivity contribution is -0.140. The summed E-state index contributed by atoms with van der Waals surface area (Å²) in [7, 11) is 0. The quantitative estimate of drug-likeness (QED) is 0.385. The van der Waals surface area contributed by atoms with E-state index in [9.17, 15) is 9.59 Å². The molecule has 4 nitrogen and oxygen atoms in total. The van der Waals surface area contributed by atoms with Crippen molar-refractivity contribution in [2.24, 2.45) is 0 Å². The second-order valence-electron chi connectivity index (χ2n) is 5.53. The van der Waals surface area contributed by atoms with E-state index < -0.39 is 0 Å². The van der Waals surface area contributed by atoms with Crippen molar-refractivity contribution in [3.05, 3.63) is 83.9 Å². The normalized spacial score (nSPS) is 10.9. The standard InChI is InChI=1S/C22H22O4/c23-21(15-13-19-9-3-1-4-10-19)25-17-7-8-18-26-22(24)16-14-20-11-5-2-6-12-20/h1-6,9-16H,7-8,17-18H2/b15-13+,16-14+. The summed E-state index contributed by atoms with van der Waals surface area (Å²) < 4.78 is 10.2. The third-order valence-electron chi connectivity index (χ3n) is 3.45. The number of esters is 2. The maximum atomic E-state index is 11.6. The zero-order valence-corrected chi connectivity index (χ0v) is 14.5. The predicted octanol–water partition coefficient (Wildman–Crippen LogP) is 4.28. The fourth-order valence-corrected chi connectivity index (χ4v) is 2.10. The van der Waals surface area contributed by atoms with Gasteiger partial charge in [-0.25, -0.2) is 9.59 Å². The molecule has 0 atom stereocenters. The molecule has 26 heavy (non-hydrogen) atoms. The van der Waals surface area contributed by atoms with Gasteiger partial charge in [-0.15, -0.1) is 0 Å². The fourth-order valence-electron chi connectivity index (χ4n) is 2.10. The first-order chi connectivity index (χ1) is 12.7. The Kier molecular flexibility index (Phi) is 8.43. The highest BCUT2D eigenvalue weighted by Crippen LogP contribution is 2.03.